The molecule has 4 aromatic carbocycles. The number of hydrogen-bond donors (Lipinski definition) is 2. The van der Waals surface area contributed by atoms with Crippen LogP contribution < -0.4 is 14.8 Å². The molecule has 194 valence electrons. The standard InChI is InChI=1S/C30H26ClNO5S/c31-38-25-16-14-24(15-17-25)37-19-18-36-23-12-10-21(11-13-23)20-28(30(34)35)32-27-9-5-4-8-26(27)29(33)22-6-2-1-3-7-22/h1-17,28,32H,18-20H2,(H,34,35)/t28-/m0/s1. The van der Waals surface area contributed by atoms with E-state index >= 15 is 0 Å². The normalized spacial score (nSPS) is 11.4. The third kappa shape index (κ3) is 7.54. The SMILES string of the molecule is O=C(c1ccccc1)c1ccccc1N[C@@H](Cc1ccc(OCCOc2ccc(SCl)cc2)cc1)C(=O)O. The number of hydrogen-bond acceptors (Lipinski definition) is 6. The van der Waals surface area contributed by atoms with Gasteiger partial charge in [-0.1, -0.05) is 54.6 Å². The number of carbonyl (C=O) groups is 2. The molecule has 1 atom stereocenters. The fraction of sp³-hybridized carbons (Fsp3) is 0.133. The Kier molecular flexibility index (Phi) is 9.67. The number of para-hydroxylation sites is 1. The van der Waals surface area contributed by atoms with Gasteiger partial charge in [-0.05, 0) is 75.8 Å². The molecule has 4 rings (SSSR count). The van der Waals surface area contributed by atoms with E-state index in [4.69, 9.17) is 20.2 Å². The van der Waals surface area contributed by atoms with Gasteiger partial charge in [0.05, 0.1) is 0 Å². The van der Waals surface area contributed by atoms with Crippen LogP contribution in [0.25, 0.3) is 0 Å². The number of anilines is 1. The summed E-state index contributed by atoms with van der Waals surface area (Å²) in [5.41, 5.74) is 2.25. The van der Waals surface area contributed by atoms with E-state index in [9.17, 15) is 14.7 Å². The third-order valence-corrected chi connectivity index (χ3v) is 6.72. The van der Waals surface area contributed by atoms with E-state index < -0.39 is 12.0 Å². The molecule has 0 aliphatic heterocycles. The maximum atomic E-state index is 13.0. The van der Waals surface area contributed by atoms with Crippen molar-refractivity contribution < 1.29 is 24.2 Å². The molecule has 0 aliphatic carbocycles. The van der Waals surface area contributed by atoms with Crippen molar-refractivity contribution in [3.63, 3.8) is 0 Å². The molecule has 0 saturated carbocycles. The zero-order chi connectivity index (χ0) is 26.7. The van der Waals surface area contributed by atoms with Gasteiger partial charge in [-0.25, -0.2) is 4.79 Å². The van der Waals surface area contributed by atoms with Crippen molar-refractivity contribution in [2.45, 2.75) is 17.4 Å². The van der Waals surface area contributed by atoms with E-state index in [0.29, 0.717) is 35.8 Å². The summed E-state index contributed by atoms with van der Waals surface area (Å²) in [6, 6.07) is 29.6. The number of nitrogens with one attached hydrogen (secondary N) is 1. The lowest BCUT2D eigenvalue weighted by molar-refractivity contribution is -0.137. The lowest BCUT2D eigenvalue weighted by Gasteiger charge is -2.18. The molecule has 0 heterocycles. The smallest absolute Gasteiger partial charge is 0.326 e. The summed E-state index contributed by atoms with van der Waals surface area (Å²) >= 11 is 0. The highest BCUT2D eigenvalue weighted by atomic mass is 35.7. The first kappa shape index (κ1) is 27.1. The van der Waals surface area contributed by atoms with Crippen molar-refractivity contribution in [1.29, 1.82) is 0 Å². The Morgan fingerprint density at radius 2 is 1.37 bits per heavy atom. The maximum Gasteiger partial charge on any atom is 0.326 e. The Morgan fingerprint density at radius 3 is 1.97 bits per heavy atom. The molecule has 0 unspecified atom stereocenters. The van der Waals surface area contributed by atoms with E-state index in [1.807, 2.05) is 42.5 Å². The molecular weight excluding hydrogens is 522 g/mol. The van der Waals surface area contributed by atoms with Gasteiger partial charge in [0.2, 0.25) is 0 Å². The summed E-state index contributed by atoms with van der Waals surface area (Å²) < 4.78 is 11.4. The first-order valence-corrected chi connectivity index (χ1v) is 13.6. The van der Waals surface area contributed by atoms with Crippen LogP contribution in [-0.4, -0.2) is 36.1 Å². The Balaban J connectivity index is 1.33. The van der Waals surface area contributed by atoms with Gasteiger partial charge in [0.25, 0.3) is 0 Å². The van der Waals surface area contributed by atoms with Gasteiger partial charge < -0.3 is 19.9 Å². The average Bonchev–Trinajstić information content (AvgIpc) is 2.96. The Labute approximate surface area is 230 Å². The van der Waals surface area contributed by atoms with E-state index in [1.165, 1.54) is 0 Å². The molecule has 0 bridgehead atoms. The minimum Gasteiger partial charge on any atom is -0.490 e. The molecule has 0 aliphatic rings. The maximum absolute atomic E-state index is 13.0. The number of carboxylic acid groups (broad SMARTS) is 1. The summed E-state index contributed by atoms with van der Waals surface area (Å²) in [6.07, 6.45) is 0.225. The summed E-state index contributed by atoms with van der Waals surface area (Å²) in [7, 11) is 6.87. The third-order valence-electron chi connectivity index (χ3n) is 5.73. The highest BCUT2D eigenvalue weighted by molar-refractivity contribution is 8.21. The molecule has 8 heteroatoms. The van der Waals surface area contributed by atoms with Gasteiger partial charge >= 0.3 is 5.97 Å². The molecule has 0 aromatic heterocycles. The van der Waals surface area contributed by atoms with Gasteiger partial charge in [-0.2, -0.15) is 0 Å². The summed E-state index contributed by atoms with van der Waals surface area (Å²) in [4.78, 5) is 26.0. The van der Waals surface area contributed by atoms with E-state index in [1.54, 1.807) is 60.7 Å². The minimum absolute atomic E-state index is 0.172. The van der Waals surface area contributed by atoms with Gasteiger partial charge in [-0.3, -0.25) is 4.79 Å². The molecule has 0 fully saturated rings. The van der Waals surface area contributed by atoms with Crippen molar-refractivity contribution >= 4 is 39.1 Å². The number of carbonyl (C=O) groups excluding carboxylic acids is 1. The number of benzene rings is 4. The first-order valence-electron chi connectivity index (χ1n) is 11.9. The summed E-state index contributed by atoms with van der Waals surface area (Å²) in [5.74, 6) is 0.208. The fourth-order valence-electron chi connectivity index (χ4n) is 3.80. The second-order valence-corrected chi connectivity index (χ2v) is 9.46. The van der Waals surface area contributed by atoms with Gasteiger partial charge in [0, 0.05) is 28.1 Å². The predicted octanol–water partition coefficient (Wildman–Crippen LogP) is 6.73. The van der Waals surface area contributed by atoms with Crippen LogP contribution in [0.4, 0.5) is 5.69 Å². The van der Waals surface area contributed by atoms with E-state index in [0.717, 1.165) is 27.2 Å². The number of rotatable bonds is 13. The van der Waals surface area contributed by atoms with Crippen molar-refractivity contribution in [3.05, 3.63) is 120 Å². The highest BCUT2D eigenvalue weighted by Crippen LogP contribution is 2.24. The zero-order valence-electron chi connectivity index (χ0n) is 20.4. The van der Waals surface area contributed by atoms with Crippen molar-refractivity contribution in [2.24, 2.45) is 0 Å². The molecule has 0 amide bonds. The van der Waals surface area contributed by atoms with E-state index in [-0.39, 0.29) is 12.2 Å². The van der Waals surface area contributed by atoms with Crippen LogP contribution >= 0.6 is 21.7 Å². The molecular formula is C30H26ClNO5S. The molecule has 0 spiro atoms. The average molecular weight is 548 g/mol. The molecule has 0 saturated heterocycles. The minimum atomic E-state index is -1.01. The Morgan fingerprint density at radius 1 is 0.789 bits per heavy atom. The second-order valence-electron chi connectivity index (χ2n) is 8.37. The number of aliphatic carboxylic acids is 1. The number of halogens is 1. The zero-order valence-corrected chi connectivity index (χ0v) is 22.0. The van der Waals surface area contributed by atoms with Crippen LogP contribution in [0.5, 0.6) is 11.5 Å². The van der Waals surface area contributed by atoms with Crippen LogP contribution in [0.2, 0.25) is 0 Å². The highest BCUT2D eigenvalue weighted by Gasteiger charge is 2.21. The fourth-order valence-corrected chi connectivity index (χ4v) is 4.35. The topological polar surface area (TPSA) is 84.9 Å². The van der Waals surface area contributed by atoms with Gasteiger partial charge in [0.1, 0.15) is 30.8 Å². The van der Waals surface area contributed by atoms with Crippen molar-refractivity contribution in [1.82, 2.24) is 0 Å². The van der Waals surface area contributed by atoms with Crippen molar-refractivity contribution in [3.8, 4) is 11.5 Å². The largest absolute Gasteiger partial charge is 0.490 e. The first-order chi connectivity index (χ1) is 18.5. The van der Waals surface area contributed by atoms with Gasteiger partial charge in [0.15, 0.2) is 5.78 Å². The van der Waals surface area contributed by atoms with Crippen LogP contribution in [0.1, 0.15) is 21.5 Å². The van der Waals surface area contributed by atoms with Crippen LogP contribution in [0, 0.1) is 0 Å². The monoisotopic (exact) mass is 547 g/mol. The summed E-state index contributed by atoms with van der Waals surface area (Å²) in [6.45, 7) is 0.734. The molecule has 2 N–H and O–H groups in total. The number of ketones is 1. The quantitative estimate of drug-likeness (QED) is 0.142. The molecule has 6 nitrogen and oxygen atoms in total. The lowest BCUT2D eigenvalue weighted by Crippen LogP contribution is -2.32. The van der Waals surface area contributed by atoms with Gasteiger partial charge in [-0.15, -0.1) is 0 Å². The summed E-state index contributed by atoms with van der Waals surface area (Å²) in [5, 5.41) is 12.9. The predicted molar refractivity (Wildman–Crippen MR) is 151 cm³/mol. The second kappa shape index (κ2) is 13.6. The number of carboxylic acids is 1. The van der Waals surface area contributed by atoms with Crippen LogP contribution in [0.3, 0.4) is 0 Å². The molecule has 4 aromatic rings. The van der Waals surface area contributed by atoms with Crippen molar-refractivity contribution in [2.75, 3.05) is 18.5 Å². The Hall–Kier alpha value is -3.94. The Bertz CT molecular complexity index is 1350. The number of ether oxygens (including phenoxy) is 2. The molecule has 38 heavy (non-hydrogen) atoms. The van der Waals surface area contributed by atoms with E-state index in [2.05, 4.69) is 5.32 Å². The van der Waals surface area contributed by atoms with Crippen LogP contribution in [-0.2, 0) is 11.2 Å². The molecule has 0 radical (unpaired) electrons. The van der Waals surface area contributed by atoms with Crippen LogP contribution in [0.15, 0.2) is 108 Å². The lowest BCUT2D eigenvalue weighted by atomic mass is 10.00.